The van der Waals surface area contributed by atoms with E-state index in [-0.39, 0.29) is 5.82 Å². The second-order valence-electron chi connectivity index (χ2n) is 4.35. The third kappa shape index (κ3) is 3.90. The zero-order valence-corrected chi connectivity index (χ0v) is 12.5. The number of thiophene rings is 1. The Hall–Kier alpha value is -0.710. The Labute approximate surface area is 119 Å². The molecule has 2 aromatic rings. The van der Waals surface area contributed by atoms with Gasteiger partial charge in [0, 0.05) is 17.1 Å². The van der Waals surface area contributed by atoms with Gasteiger partial charge in [-0.15, -0.1) is 0 Å². The van der Waals surface area contributed by atoms with Crippen LogP contribution in [-0.4, -0.2) is 6.04 Å². The first-order chi connectivity index (χ1) is 8.65. The minimum absolute atomic E-state index is 0.194. The van der Waals surface area contributed by atoms with E-state index in [1.54, 1.807) is 23.5 Å². The molecule has 0 radical (unpaired) electrons. The standard InChI is InChI=1S/C14H15BrFNS/c1-10(6-11-4-5-18-9-11)17-8-12-7-13(16)2-3-14(12)15/h2-5,7,9-10,17H,6,8H2,1H3. The van der Waals surface area contributed by atoms with Gasteiger partial charge < -0.3 is 5.32 Å². The molecule has 1 heterocycles. The molecule has 0 amide bonds. The third-order valence-electron chi connectivity index (χ3n) is 2.77. The highest BCUT2D eigenvalue weighted by atomic mass is 79.9. The molecule has 1 unspecified atom stereocenters. The van der Waals surface area contributed by atoms with E-state index in [0.717, 1.165) is 16.5 Å². The molecule has 1 aromatic heterocycles. The van der Waals surface area contributed by atoms with Crippen LogP contribution in [0, 0.1) is 5.82 Å². The van der Waals surface area contributed by atoms with Crippen LogP contribution in [0.5, 0.6) is 0 Å². The van der Waals surface area contributed by atoms with E-state index in [0.29, 0.717) is 12.6 Å². The zero-order chi connectivity index (χ0) is 13.0. The van der Waals surface area contributed by atoms with E-state index >= 15 is 0 Å². The Bertz CT molecular complexity index is 499. The van der Waals surface area contributed by atoms with E-state index < -0.39 is 0 Å². The van der Waals surface area contributed by atoms with Gasteiger partial charge in [0.25, 0.3) is 0 Å². The number of benzene rings is 1. The molecule has 0 aliphatic heterocycles. The molecular formula is C14H15BrFNS. The molecule has 0 aliphatic carbocycles. The SMILES string of the molecule is CC(Cc1ccsc1)NCc1cc(F)ccc1Br. The number of hydrogen-bond donors (Lipinski definition) is 1. The fourth-order valence-electron chi connectivity index (χ4n) is 1.80. The molecule has 2 rings (SSSR count). The summed E-state index contributed by atoms with van der Waals surface area (Å²) in [4.78, 5) is 0. The van der Waals surface area contributed by atoms with Crippen LogP contribution in [0.4, 0.5) is 4.39 Å². The van der Waals surface area contributed by atoms with Crippen molar-refractivity contribution in [2.75, 3.05) is 0 Å². The van der Waals surface area contributed by atoms with Gasteiger partial charge in [-0.1, -0.05) is 15.9 Å². The predicted molar refractivity (Wildman–Crippen MR) is 78.4 cm³/mol. The van der Waals surface area contributed by atoms with Gasteiger partial charge in [-0.25, -0.2) is 4.39 Å². The maximum absolute atomic E-state index is 13.1. The first kappa shape index (κ1) is 13.7. The summed E-state index contributed by atoms with van der Waals surface area (Å²) in [5, 5.41) is 7.66. The van der Waals surface area contributed by atoms with Gasteiger partial charge in [0.2, 0.25) is 0 Å². The Morgan fingerprint density at radius 3 is 2.94 bits per heavy atom. The monoisotopic (exact) mass is 327 g/mol. The number of halogens is 2. The van der Waals surface area contributed by atoms with Crippen molar-refractivity contribution in [3.8, 4) is 0 Å². The largest absolute Gasteiger partial charge is 0.310 e. The minimum atomic E-state index is -0.194. The normalized spacial score (nSPS) is 12.6. The first-order valence-electron chi connectivity index (χ1n) is 5.83. The van der Waals surface area contributed by atoms with Crippen molar-refractivity contribution >= 4 is 27.3 Å². The van der Waals surface area contributed by atoms with E-state index in [2.05, 4.69) is 45.0 Å². The maximum atomic E-state index is 13.1. The van der Waals surface area contributed by atoms with Gasteiger partial charge in [0.1, 0.15) is 5.82 Å². The highest BCUT2D eigenvalue weighted by molar-refractivity contribution is 9.10. The molecule has 1 nitrogen and oxygen atoms in total. The summed E-state index contributed by atoms with van der Waals surface area (Å²) in [7, 11) is 0. The Kier molecular flexibility index (Phi) is 4.92. The molecule has 0 bridgehead atoms. The lowest BCUT2D eigenvalue weighted by Gasteiger charge is -2.14. The lowest BCUT2D eigenvalue weighted by Crippen LogP contribution is -2.27. The van der Waals surface area contributed by atoms with Gasteiger partial charge >= 0.3 is 0 Å². The molecule has 0 spiro atoms. The predicted octanol–water partition coefficient (Wildman–Crippen LogP) is 4.37. The van der Waals surface area contributed by atoms with Gasteiger partial charge in [0.05, 0.1) is 0 Å². The van der Waals surface area contributed by atoms with E-state index in [1.165, 1.54) is 11.6 Å². The molecule has 0 saturated carbocycles. The average Bonchev–Trinajstić information content (AvgIpc) is 2.83. The maximum Gasteiger partial charge on any atom is 0.123 e. The molecule has 18 heavy (non-hydrogen) atoms. The molecule has 96 valence electrons. The number of rotatable bonds is 5. The minimum Gasteiger partial charge on any atom is -0.310 e. The quantitative estimate of drug-likeness (QED) is 0.859. The molecule has 0 saturated heterocycles. The van der Waals surface area contributed by atoms with Crippen LogP contribution < -0.4 is 5.32 Å². The third-order valence-corrected chi connectivity index (χ3v) is 4.28. The van der Waals surface area contributed by atoms with Crippen molar-refractivity contribution in [2.24, 2.45) is 0 Å². The highest BCUT2D eigenvalue weighted by Crippen LogP contribution is 2.18. The van der Waals surface area contributed by atoms with Crippen molar-refractivity contribution < 1.29 is 4.39 Å². The molecule has 1 N–H and O–H groups in total. The first-order valence-corrected chi connectivity index (χ1v) is 7.57. The zero-order valence-electron chi connectivity index (χ0n) is 10.1. The topological polar surface area (TPSA) is 12.0 Å². The van der Waals surface area contributed by atoms with E-state index in [1.807, 2.05) is 0 Å². The Balaban J connectivity index is 1.89. The molecule has 0 aliphatic rings. The lowest BCUT2D eigenvalue weighted by molar-refractivity contribution is 0.542. The average molecular weight is 328 g/mol. The van der Waals surface area contributed by atoms with Crippen LogP contribution >= 0.6 is 27.3 Å². The van der Waals surface area contributed by atoms with Gasteiger partial charge in [-0.3, -0.25) is 0 Å². The van der Waals surface area contributed by atoms with E-state index in [9.17, 15) is 4.39 Å². The van der Waals surface area contributed by atoms with Crippen LogP contribution in [0.25, 0.3) is 0 Å². The summed E-state index contributed by atoms with van der Waals surface area (Å²) in [6.07, 6.45) is 0.996. The smallest absolute Gasteiger partial charge is 0.123 e. The molecule has 0 fully saturated rings. The van der Waals surface area contributed by atoms with Crippen LogP contribution in [0.2, 0.25) is 0 Å². The molecule has 4 heteroatoms. The van der Waals surface area contributed by atoms with E-state index in [4.69, 9.17) is 0 Å². The summed E-state index contributed by atoms with van der Waals surface area (Å²) in [5.41, 5.74) is 2.30. The summed E-state index contributed by atoms with van der Waals surface area (Å²) >= 11 is 5.15. The van der Waals surface area contributed by atoms with Crippen LogP contribution in [-0.2, 0) is 13.0 Å². The number of hydrogen-bond acceptors (Lipinski definition) is 2. The van der Waals surface area contributed by atoms with Crippen LogP contribution in [0.3, 0.4) is 0 Å². The molecular weight excluding hydrogens is 313 g/mol. The fourth-order valence-corrected chi connectivity index (χ4v) is 2.87. The fraction of sp³-hybridized carbons (Fsp3) is 0.286. The van der Waals surface area contributed by atoms with Gasteiger partial charge in [-0.05, 0) is 59.5 Å². The van der Waals surface area contributed by atoms with Crippen molar-refractivity contribution in [1.82, 2.24) is 5.32 Å². The van der Waals surface area contributed by atoms with Gasteiger partial charge in [-0.2, -0.15) is 11.3 Å². The highest BCUT2D eigenvalue weighted by Gasteiger charge is 2.06. The summed E-state index contributed by atoms with van der Waals surface area (Å²) in [6.45, 7) is 2.81. The van der Waals surface area contributed by atoms with Crippen molar-refractivity contribution in [3.63, 3.8) is 0 Å². The molecule has 1 atom stereocenters. The second-order valence-corrected chi connectivity index (χ2v) is 5.99. The second kappa shape index (κ2) is 6.45. The van der Waals surface area contributed by atoms with Crippen molar-refractivity contribution in [1.29, 1.82) is 0 Å². The van der Waals surface area contributed by atoms with Crippen LogP contribution in [0.1, 0.15) is 18.1 Å². The van der Waals surface area contributed by atoms with Gasteiger partial charge in [0.15, 0.2) is 0 Å². The Morgan fingerprint density at radius 1 is 1.39 bits per heavy atom. The summed E-state index contributed by atoms with van der Waals surface area (Å²) in [5.74, 6) is -0.194. The van der Waals surface area contributed by atoms with Crippen molar-refractivity contribution in [3.05, 3.63) is 56.4 Å². The summed E-state index contributed by atoms with van der Waals surface area (Å²) < 4.78 is 14.1. The number of nitrogens with one attached hydrogen (secondary N) is 1. The Morgan fingerprint density at radius 2 is 2.22 bits per heavy atom. The molecule has 1 aromatic carbocycles. The lowest BCUT2D eigenvalue weighted by atomic mass is 10.1. The van der Waals surface area contributed by atoms with Crippen LogP contribution in [0.15, 0.2) is 39.5 Å². The summed E-state index contributed by atoms with van der Waals surface area (Å²) in [6, 6.07) is 7.28. The van der Waals surface area contributed by atoms with Crippen molar-refractivity contribution in [2.45, 2.75) is 25.9 Å².